The summed E-state index contributed by atoms with van der Waals surface area (Å²) in [6.45, 7) is 2.77. The Hall–Kier alpha value is -1.95. The third kappa shape index (κ3) is 2.58. The minimum absolute atomic E-state index is 0.342. The van der Waals surface area contributed by atoms with Crippen molar-refractivity contribution in [3.05, 3.63) is 17.2 Å². The van der Waals surface area contributed by atoms with Crippen molar-refractivity contribution in [1.82, 2.24) is 10.1 Å². The quantitative estimate of drug-likeness (QED) is 0.868. The molecule has 0 fully saturated rings. The zero-order valence-corrected chi connectivity index (χ0v) is 11.7. The average Bonchev–Trinajstić information content (AvgIpc) is 2.90. The maximum absolute atomic E-state index is 6.01. The van der Waals surface area contributed by atoms with Gasteiger partial charge in [0, 0.05) is 19.7 Å². The minimum atomic E-state index is 0.342. The number of aromatic nitrogens is 2. The van der Waals surface area contributed by atoms with Crippen molar-refractivity contribution in [3.63, 3.8) is 0 Å². The van der Waals surface area contributed by atoms with Crippen LogP contribution in [0.25, 0.3) is 11.5 Å². The van der Waals surface area contributed by atoms with Crippen LogP contribution in [-0.4, -0.2) is 30.8 Å². The van der Waals surface area contributed by atoms with E-state index in [2.05, 4.69) is 10.1 Å². The highest BCUT2D eigenvalue weighted by Gasteiger charge is 2.17. The fraction of sp³-hybridized carbons (Fsp3) is 0.333. The third-order valence-corrected chi connectivity index (χ3v) is 3.11. The molecule has 0 saturated carbocycles. The highest BCUT2D eigenvalue weighted by atomic mass is 35.5. The normalized spacial score (nSPS) is 10.5. The molecule has 2 aromatic rings. The molecule has 6 nitrogen and oxygen atoms in total. The molecule has 19 heavy (non-hydrogen) atoms. The molecule has 1 heterocycles. The van der Waals surface area contributed by atoms with E-state index < -0.39 is 0 Å². The van der Waals surface area contributed by atoms with Gasteiger partial charge >= 0.3 is 0 Å². The number of anilines is 2. The molecular formula is C12H15ClN4O2. The molecule has 1 aromatic carbocycles. The molecule has 0 aliphatic carbocycles. The van der Waals surface area contributed by atoms with Gasteiger partial charge in [-0.3, -0.25) is 0 Å². The largest absolute Gasteiger partial charge is 0.496 e. The van der Waals surface area contributed by atoms with E-state index in [9.17, 15) is 0 Å². The highest BCUT2D eigenvalue weighted by Crippen LogP contribution is 2.35. The van der Waals surface area contributed by atoms with Crippen LogP contribution in [0.15, 0.2) is 16.7 Å². The SMILES string of the molecule is CCN(C)c1noc(-c2cc(Cl)c(N)cc2OC)n1. The molecule has 0 spiro atoms. The van der Waals surface area contributed by atoms with Crippen molar-refractivity contribution in [2.45, 2.75) is 6.92 Å². The average molecular weight is 283 g/mol. The van der Waals surface area contributed by atoms with Crippen molar-refractivity contribution in [3.8, 4) is 17.2 Å². The van der Waals surface area contributed by atoms with E-state index in [-0.39, 0.29) is 0 Å². The van der Waals surface area contributed by atoms with Crippen LogP contribution in [0.3, 0.4) is 0 Å². The number of rotatable bonds is 4. The Balaban J connectivity index is 2.46. The summed E-state index contributed by atoms with van der Waals surface area (Å²) < 4.78 is 10.5. The molecule has 0 amide bonds. The predicted octanol–water partition coefficient (Wildman–Crippen LogP) is 2.44. The number of nitrogens with zero attached hydrogens (tertiary/aromatic N) is 3. The molecule has 2 N–H and O–H groups in total. The molecule has 0 radical (unpaired) electrons. The number of hydrogen-bond donors (Lipinski definition) is 1. The highest BCUT2D eigenvalue weighted by molar-refractivity contribution is 6.33. The number of methoxy groups -OCH3 is 1. The molecule has 7 heteroatoms. The molecule has 102 valence electrons. The van der Waals surface area contributed by atoms with Gasteiger partial charge in [-0.2, -0.15) is 4.98 Å². The predicted molar refractivity (Wildman–Crippen MR) is 74.7 cm³/mol. The van der Waals surface area contributed by atoms with Gasteiger partial charge in [-0.15, -0.1) is 0 Å². The second kappa shape index (κ2) is 5.36. The zero-order chi connectivity index (χ0) is 14.0. The van der Waals surface area contributed by atoms with Crippen LogP contribution in [0.2, 0.25) is 5.02 Å². The lowest BCUT2D eigenvalue weighted by Gasteiger charge is -2.09. The Morgan fingerprint density at radius 1 is 1.47 bits per heavy atom. The lowest BCUT2D eigenvalue weighted by molar-refractivity contribution is 0.405. The van der Waals surface area contributed by atoms with Crippen LogP contribution >= 0.6 is 11.6 Å². The molecule has 0 aliphatic rings. The van der Waals surface area contributed by atoms with Crippen LogP contribution in [0, 0.1) is 0 Å². The summed E-state index contributed by atoms with van der Waals surface area (Å²) in [6.07, 6.45) is 0. The molecule has 0 aliphatic heterocycles. The van der Waals surface area contributed by atoms with Gasteiger partial charge in [-0.05, 0) is 18.1 Å². The van der Waals surface area contributed by atoms with Gasteiger partial charge in [0.25, 0.3) is 11.8 Å². The summed E-state index contributed by atoms with van der Waals surface area (Å²) in [5.74, 6) is 1.39. The van der Waals surface area contributed by atoms with Crippen molar-refractivity contribution in [2.24, 2.45) is 0 Å². The Kier molecular flexibility index (Phi) is 3.80. The molecule has 0 bridgehead atoms. The Bertz CT molecular complexity index is 585. The molecule has 0 saturated heterocycles. The number of nitrogens with two attached hydrogens (primary N) is 1. The van der Waals surface area contributed by atoms with Gasteiger partial charge in [-0.25, -0.2) is 0 Å². The van der Waals surface area contributed by atoms with Crippen LogP contribution in [0.4, 0.5) is 11.6 Å². The standard InChI is InChI=1S/C12H15ClN4O2/c1-4-17(2)12-15-11(19-16-12)7-5-8(13)9(14)6-10(7)18-3/h5-6H,4,14H2,1-3H3. The van der Waals surface area contributed by atoms with E-state index in [1.165, 1.54) is 0 Å². The third-order valence-electron chi connectivity index (χ3n) is 2.78. The summed E-state index contributed by atoms with van der Waals surface area (Å²) in [6, 6.07) is 3.28. The smallest absolute Gasteiger partial charge is 0.266 e. The van der Waals surface area contributed by atoms with Gasteiger partial charge in [0.2, 0.25) is 0 Å². The Morgan fingerprint density at radius 2 is 2.21 bits per heavy atom. The molecule has 2 rings (SSSR count). The monoisotopic (exact) mass is 282 g/mol. The topological polar surface area (TPSA) is 77.4 Å². The van der Waals surface area contributed by atoms with Crippen molar-refractivity contribution in [2.75, 3.05) is 31.3 Å². The molecule has 1 aromatic heterocycles. The maximum Gasteiger partial charge on any atom is 0.266 e. The van der Waals surface area contributed by atoms with Gasteiger partial charge < -0.3 is 19.9 Å². The van der Waals surface area contributed by atoms with E-state index in [1.54, 1.807) is 19.2 Å². The summed E-state index contributed by atoms with van der Waals surface area (Å²) in [4.78, 5) is 6.16. The first-order valence-electron chi connectivity index (χ1n) is 5.75. The first kappa shape index (κ1) is 13.5. The minimum Gasteiger partial charge on any atom is -0.496 e. The number of halogens is 1. The van der Waals surface area contributed by atoms with E-state index >= 15 is 0 Å². The number of ether oxygens (including phenoxy) is 1. The summed E-state index contributed by atoms with van der Waals surface area (Å²) in [5.41, 5.74) is 6.78. The first-order chi connectivity index (χ1) is 9.06. The Labute approximate surface area is 116 Å². The van der Waals surface area contributed by atoms with Gasteiger partial charge in [0.15, 0.2) is 0 Å². The summed E-state index contributed by atoms with van der Waals surface area (Å²) in [7, 11) is 3.42. The van der Waals surface area contributed by atoms with E-state index in [0.29, 0.717) is 33.9 Å². The Morgan fingerprint density at radius 3 is 2.84 bits per heavy atom. The first-order valence-corrected chi connectivity index (χ1v) is 6.12. The summed E-state index contributed by atoms with van der Waals surface area (Å²) in [5, 5.41) is 4.32. The van der Waals surface area contributed by atoms with Crippen LogP contribution < -0.4 is 15.4 Å². The molecular weight excluding hydrogens is 268 g/mol. The van der Waals surface area contributed by atoms with E-state index in [4.69, 9.17) is 26.6 Å². The summed E-state index contributed by atoms with van der Waals surface area (Å²) >= 11 is 6.01. The fourth-order valence-electron chi connectivity index (χ4n) is 1.53. The lowest BCUT2D eigenvalue weighted by Crippen LogP contribution is -2.16. The zero-order valence-electron chi connectivity index (χ0n) is 11.0. The van der Waals surface area contributed by atoms with Crippen LogP contribution in [0.5, 0.6) is 5.75 Å². The van der Waals surface area contributed by atoms with Crippen molar-refractivity contribution >= 4 is 23.2 Å². The van der Waals surface area contributed by atoms with E-state index in [1.807, 2.05) is 18.9 Å². The second-order valence-corrected chi connectivity index (χ2v) is 4.39. The van der Waals surface area contributed by atoms with E-state index in [0.717, 1.165) is 6.54 Å². The second-order valence-electron chi connectivity index (χ2n) is 3.99. The fourth-order valence-corrected chi connectivity index (χ4v) is 1.69. The molecule has 0 unspecified atom stereocenters. The van der Waals surface area contributed by atoms with Crippen molar-refractivity contribution in [1.29, 1.82) is 0 Å². The van der Waals surface area contributed by atoms with Gasteiger partial charge in [0.1, 0.15) is 5.75 Å². The van der Waals surface area contributed by atoms with Crippen LogP contribution in [0.1, 0.15) is 6.92 Å². The maximum atomic E-state index is 6.01. The number of nitrogen functional groups attached to an aromatic ring is 1. The number of benzene rings is 1. The number of hydrogen-bond acceptors (Lipinski definition) is 6. The van der Waals surface area contributed by atoms with Gasteiger partial charge in [-0.1, -0.05) is 11.6 Å². The molecule has 0 atom stereocenters. The van der Waals surface area contributed by atoms with Crippen LogP contribution in [-0.2, 0) is 0 Å². The van der Waals surface area contributed by atoms with Crippen molar-refractivity contribution < 1.29 is 9.26 Å². The van der Waals surface area contributed by atoms with Gasteiger partial charge in [0.05, 0.1) is 23.4 Å². The lowest BCUT2D eigenvalue weighted by atomic mass is 10.2.